The van der Waals surface area contributed by atoms with Crippen molar-refractivity contribution in [1.82, 2.24) is 0 Å². The van der Waals surface area contributed by atoms with E-state index in [-0.39, 0.29) is 5.41 Å². The van der Waals surface area contributed by atoms with Gasteiger partial charge in [0, 0.05) is 25.1 Å². The van der Waals surface area contributed by atoms with Gasteiger partial charge in [-0.1, -0.05) is 0 Å². The molecule has 0 aromatic heterocycles. The molecular formula is C7H16N2O. The third-order valence-corrected chi connectivity index (χ3v) is 2.27. The Morgan fingerprint density at radius 3 is 2.30 bits per heavy atom. The minimum Gasteiger partial charge on any atom is -0.381 e. The third kappa shape index (κ3) is 1.48. The SMILES string of the molecule is NCC1(CN)CCCOC1. The van der Waals surface area contributed by atoms with Crippen LogP contribution in [0.3, 0.4) is 0 Å². The number of hydrogen-bond acceptors (Lipinski definition) is 3. The largest absolute Gasteiger partial charge is 0.381 e. The van der Waals surface area contributed by atoms with Gasteiger partial charge in [0.05, 0.1) is 6.61 Å². The molecule has 4 N–H and O–H groups in total. The Labute approximate surface area is 61.7 Å². The van der Waals surface area contributed by atoms with Crippen LogP contribution >= 0.6 is 0 Å². The molecule has 1 fully saturated rings. The summed E-state index contributed by atoms with van der Waals surface area (Å²) in [7, 11) is 0. The van der Waals surface area contributed by atoms with E-state index in [1.807, 2.05) is 0 Å². The van der Waals surface area contributed by atoms with Crippen LogP contribution in [0.1, 0.15) is 12.8 Å². The van der Waals surface area contributed by atoms with Crippen LogP contribution in [0, 0.1) is 5.41 Å². The molecule has 0 unspecified atom stereocenters. The monoisotopic (exact) mass is 144 g/mol. The summed E-state index contributed by atoms with van der Waals surface area (Å²) in [5.41, 5.74) is 11.3. The number of ether oxygens (including phenoxy) is 1. The van der Waals surface area contributed by atoms with Crippen LogP contribution in [-0.2, 0) is 4.74 Å². The Hall–Kier alpha value is -0.120. The van der Waals surface area contributed by atoms with E-state index >= 15 is 0 Å². The predicted octanol–water partition coefficient (Wildman–Crippen LogP) is -0.299. The summed E-state index contributed by atoms with van der Waals surface area (Å²) in [6.45, 7) is 2.94. The topological polar surface area (TPSA) is 61.3 Å². The van der Waals surface area contributed by atoms with E-state index in [0.29, 0.717) is 13.1 Å². The van der Waals surface area contributed by atoms with E-state index < -0.39 is 0 Å². The first kappa shape index (κ1) is 7.98. The summed E-state index contributed by atoms with van der Waals surface area (Å²) in [4.78, 5) is 0. The fraction of sp³-hybridized carbons (Fsp3) is 1.00. The Morgan fingerprint density at radius 1 is 1.30 bits per heavy atom. The third-order valence-electron chi connectivity index (χ3n) is 2.27. The van der Waals surface area contributed by atoms with Gasteiger partial charge < -0.3 is 16.2 Å². The molecule has 0 spiro atoms. The fourth-order valence-electron chi connectivity index (χ4n) is 1.32. The molecule has 10 heavy (non-hydrogen) atoms. The summed E-state index contributed by atoms with van der Waals surface area (Å²) in [6, 6.07) is 0. The van der Waals surface area contributed by atoms with E-state index in [2.05, 4.69) is 0 Å². The summed E-state index contributed by atoms with van der Waals surface area (Å²) in [5, 5.41) is 0. The Balaban J connectivity index is 2.44. The van der Waals surface area contributed by atoms with Crippen molar-refractivity contribution >= 4 is 0 Å². The van der Waals surface area contributed by atoms with Crippen LogP contribution in [0.15, 0.2) is 0 Å². The molecule has 1 aliphatic heterocycles. The average Bonchev–Trinajstić information content (AvgIpc) is 2.06. The van der Waals surface area contributed by atoms with Gasteiger partial charge in [-0.25, -0.2) is 0 Å². The fourth-order valence-corrected chi connectivity index (χ4v) is 1.32. The molecule has 1 rings (SSSR count). The normalized spacial score (nSPS) is 24.6. The van der Waals surface area contributed by atoms with Gasteiger partial charge in [-0.05, 0) is 12.8 Å². The molecule has 0 radical (unpaired) electrons. The standard InChI is InChI=1S/C7H16N2O/c8-4-7(5-9)2-1-3-10-6-7/h1-6,8-9H2. The maximum atomic E-state index is 5.59. The van der Waals surface area contributed by atoms with Crippen molar-refractivity contribution in [3.63, 3.8) is 0 Å². The summed E-state index contributed by atoms with van der Waals surface area (Å²) in [6.07, 6.45) is 2.23. The summed E-state index contributed by atoms with van der Waals surface area (Å²) in [5.74, 6) is 0. The van der Waals surface area contributed by atoms with E-state index in [4.69, 9.17) is 16.2 Å². The van der Waals surface area contributed by atoms with Crippen LogP contribution in [-0.4, -0.2) is 26.3 Å². The average molecular weight is 144 g/mol. The number of rotatable bonds is 2. The molecule has 0 aromatic rings. The van der Waals surface area contributed by atoms with E-state index in [1.54, 1.807) is 0 Å². The molecule has 0 bridgehead atoms. The first-order valence-corrected chi connectivity index (χ1v) is 3.81. The minimum atomic E-state index is 0.0955. The first-order chi connectivity index (χ1) is 4.83. The molecule has 60 valence electrons. The Bertz CT molecular complexity index is 93.8. The zero-order valence-corrected chi connectivity index (χ0v) is 6.31. The quantitative estimate of drug-likeness (QED) is 0.559. The van der Waals surface area contributed by atoms with Crippen LogP contribution < -0.4 is 11.5 Å². The van der Waals surface area contributed by atoms with Gasteiger partial charge >= 0.3 is 0 Å². The van der Waals surface area contributed by atoms with Gasteiger partial charge in [0.1, 0.15) is 0 Å². The zero-order valence-electron chi connectivity index (χ0n) is 6.31. The first-order valence-electron chi connectivity index (χ1n) is 3.81. The van der Waals surface area contributed by atoms with Gasteiger partial charge in [-0.3, -0.25) is 0 Å². The lowest BCUT2D eigenvalue weighted by Crippen LogP contribution is -2.44. The second-order valence-electron chi connectivity index (χ2n) is 3.06. The maximum absolute atomic E-state index is 5.59. The second-order valence-corrected chi connectivity index (χ2v) is 3.06. The number of nitrogens with two attached hydrogens (primary N) is 2. The molecule has 0 aromatic carbocycles. The van der Waals surface area contributed by atoms with E-state index in [9.17, 15) is 0 Å². The van der Waals surface area contributed by atoms with Crippen molar-refractivity contribution in [2.45, 2.75) is 12.8 Å². The lowest BCUT2D eigenvalue weighted by atomic mass is 9.83. The van der Waals surface area contributed by atoms with Gasteiger partial charge in [0.15, 0.2) is 0 Å². The van der Waals surface area contributed by atoms with Gasteiger partial charge in [-0.2, -0.15) is 0 Å². The van der Waals surface area contributed by atoms with Gasteiger partial charge in [0.25, 0.3) is 0 Å². The van der Waals surface area contributed by atoms with Crippen molar-refractivity contribution in [3.8, 4) is 0 Å². The van der Waals surface area contributed by atoms with Crippen molar-refractivity contribution in [1.29, 1.82) is 0 Å². The second kappa shape index (κ2) is 3.32. The molecule has 3 heteroatoms. The minimum absolute atomic E-state index is 0.0955. The van der Waals surface area contributed by atoms with Gasteiger partial charge in [0.2, 0.25) is 0 Å². The summed E-state index contributed by atoms with van der Waals surface area (Å²) < 4.78 is 5.31. The van der Waals surface area contributed by atoms with Crippen molar-refractivity contribution in [2.24, 2.45) is 16.9 Å². The Morgan fingerprint density at radius 2 is 2.00 bits per heavy atom. The molecule has 1 heterocycles. The van der Waals surface area contributed by atoms with Crippen LogP contribution in [0.2, 0.25) is 0 Å². The zero-order chi connectivity index (χ0) is 7.45. The summed E-state index contributed by atoms with van der Waals surface area (Å²) >= 11 is 0. The molecule has 0 amide bonds. The molecule has 0 aliphatic carbocycles. The highest BCUT2D eigenvalue weighted by atomic mass is 16.5. The molecule has 1 aliphatic rings. The van der Waals surface area contributed by atoms with Crippen LogP contribution in [0.25, 0.3) is 0 Å². The predicted molar refractivity (Wildman–Crippen MR) is 40.6 cm³/mol. The highest BCUT2D eigenvalue weighted by molar-refractivity contribution is 4.83. The Kier molecular flexibility index (Phi) is 2.65. The molecule has 1 saturated heterocycles. The van der Waals surface area contributed by atoms with E-state index in [0.717, 1.165) is 26.1 Å². The van der Waals surface area contributed by atoms with Crippen LogP contribution in [0.4, 0.5) is 0 Å². The maximum Gasteiger partial charge on any atom is 0.0546 e. The molecule has 0 atom stereocenters. The van der Waals surface area contributed by atoms with Crippen molar-refractivity contribution in [2.75, 3.05) is 26.3 Å². The smallest absolute Gasteiger partial charge is 0.0546 e. The molecule has 3 nitrogen and oxygen atoms in total. The van der Waals surface area contributed by atoms with Crippen LogP contribution in [0.5, 0.6) is 0 Å². The van der Waals surface area contributed by atoms with E-state index in [1.165, 1.54) is 0 Å². The lowest BCUT2D eigenvalue weighted by molar-refractivity contribution is 0.00221. The van der Waals surface area contributed by atoms with Crippen molar-refractivity contribution < 1.29 is 4.74 Å². The lowest BCUT2D eigenvalue weighted by Gasteiger charge is -2.34. The van der Waals surface area contributed by atoms with Gasteiger partial charge in [-0.15, -0.1) is 0 Å². The molecular weight excluding hydrogens is 128 g/mol. The number of hydrogen-bond donors (Lipinski definition) is 2. The van der Waals surface area contributed by atoms with Crippen molar-refractivity contribution in [3.05, 3.63) is 0 Å². The molecule has 0 saturated carbocycles. The highest BCUT2D eigenvalue weighted by Crippen LogP contribution is 2.25. The highest BCUT2D eigenvalue weighted by Gasteiger charge is 2.29.